The monoisotopic (exact) mass is 167 g/mol. The predicted octanol–water partition coefficient (Wildman–Crippen LogP) is 0.898. The third-order valence-electron chi connectivity index (χ3n) is 1.51. The average molecular weight is 167 g/mol. The lowest BCUT2D eigenvalue weighted by atomic mass is 10.4. The zero-order valence-corrected chi connectivity index (χ0v) is 6.90. The van der Waals surface area contributed by atoms with E-state index in [-0.39, 0.29) is 11.7 Å². The molecule has 0 atom stereocenters. The van der Waals surface area contributed by atoms with Gasteiger partial charge in [0.25, 0.3) is 5.91 Å². The van der Waals surface area contributed by atoms with Gasteiger partial charge in [-0.3, -0.25) is 14.5 Å². The molecule has 1 heterocycles. The van der Waals surface area contributed by atoms with E-state index >= 15 is 0 Å². The largest absolute Gasteiger partial charge is 0.459 e. The van der Waals surface area contributed by atoms with E-state index in [9.17, 15) is 9.59 Å². The van der Waals surface area contributed by atoms with E-state index in [2.05, 4.69) is 0 Å². The number of imide groups is 1. The van der Waals surface area contributed by atoms with E-state index in [1.807, 2.05) is 0 Å². The first kappa shape index (κ1) is 8.52. The molecule has 1 aromatic rings. The van der Waals surface area contributed by atoms with Crippen LogP contribution in [0.5, 0.6) is 0 Å². The summed E-state index contributed by atoms with van der Waals surface area (Å²) in [6, 6.07) is 3.11. The van der Waals surface area contributed by atoms with Gasteiger partial charge in [-0.15, -0.1) is 0 Å². The molecule has 12 heavy (non-hydrogen) atoms. The Hall–Kier alpha value is -1.58. The van der Waals surface area contributed by atoms with Gasteiger partial charge in [0, 0.05) is 14.0 Å². The summed E-state index contributed by atoms with van der Waals surface area (Å²) in [6.07, 6.45) is 1.39. The number of rotatable bonds is 1. The predicted molar refractivity (Wildman–Crippen MR) is 41.5 cm³/mol. The van der Waals surface area contributed by atoms with Gasteiger partial charge in [0.2, 0.25) is 5.91 Å². The van der Waals surface area contributed by atoms with Gasteiger partial charge in [-0.25, -0.2) is 0 Å². The van der Waals surface area contributed by atoms with Crippen LogP contribution in [0.25, 0.3) is 0 Å². The van der Waals surface area contributed by atoms with Crippen LogP contribution in [0, 0.1) is 0 Å². The second-order valence-electron chi connectivity index (χ2n) is 2.36. The minimum atomic E-state index is -0.424. The molecule has 0 saturated heterocycles. The molecule has 1 aromatic heterocycles. The van der Waals surface area contributed by atoms with Crippen molar-refractivity contribution >= 4 is 11.8 Å². The molecule has 0 spiro atoms. The Morgan fingerprint density at radius 2 is 2.17 bits per heavy atom. The number of amides is 2. The molecular weight excluding hydrogens is 158 g/mol. The van der Waals surface area contributed by atoms with Gasteiger partial charge in [0.15, 0.2) is 5.76 Å². The van der Waals surface area contributed by atoms with Crippen LogP contribution in [0.2, 0.25) is 0 Å². The van der Waals surface area contributed by atoms with Crippen molar-refractivity contribution in [3.05, 3.63) is 24.2 Å². The third-order valence-corrected chi connectivity index (χ3v) is 1.51. The summed E-state index contributed by atoms with van der Waals surface area (Å²) in [5.41, 5.74) is 0. The van der Waals surface area contributed by atoms with Crippen LogP contribution in [0.1, 0.15) is 17.5 Å². The molecule has 0 unspecified atom stereocenters. The van der Waals surface area contributed by atoms with Crippen molar-refractivity contribution in [1.29, 1.82) is 0 Å². The van der Waals surface area contributed by atoms with Crippen LogP contribution in [-0.4, -0.2) is 23.8 Å². The molecule has 2 amide bonds. The molecule has 0 fully saturated rings. The number of furan rings is 1. The Morgan fingerprint density at radius 1 is 1.50 bits per heavy atom. The first-order valence-electron chi connectivity index (χ1n) is 3.45. The number of nitrogens with zero attached hydrogens (tertiary/aromatic N) is 1. The van der Waals surface area contributed by atoms with E-state index in [0.29, 0.717) is 0 Å². The number of hydrogen-bond donors (Lipinski definition) is 0. The highest BCUT2D eigenvalue weighted by atomic mass is 16.3. The van der Waals surface area contributed by atoms with Gasteiger partial charge in [-0.05, 0) is 12.1 Å². The summed E-state index contributed by atoms with van der Waals surface area (Å²) in [7, 11) is 1.41. The first-order valence-corrected chi connectivity index (χ1v) is 3.45. The maximum atomic E-state index is 11.3. The first-order chi connectivity index (χ1) is 5.63. The smallest absolute Gasteiger partial charge is 0.295 e. The van der Waals surface area contributed by atoms with Crippen molar-refractivity contribution in [3.63, 3.8) is 0 Å². The maximum absolute atomic E-state index is 11.3. The summed E-state index contributed by atoms with van der Waals surface area (Å²) < 4.78 is 4.82. The lowest BCUT2D eigenvalue weighted by Crippen LogP contribution is -2.30. The minimum Gasteiger partial charge on any atom is -0.459 e. The Balaban J connectivity index is 2.79. The average Bonchev–Trinajstić information content (AvgIpc) is 2.53. The molecule has 64 valence electrons. The van der Waals surface area contributed by atoms with E-state index in [0.717, 1.165) is 4.90 Å². The van der Waals surface area contributed by atoms with Gasteiger partial charge < -0.3 is 4.42 Å². The molecule has 4 heteroatoms. The van der Waals surface area contributed by atoms with Gasteiger partial charge in [-0.1, -0.05) is 0 Å². The highest BCUT2D eigenvalue weighted by Crippen LogP contribution is 2.03. The highest BCUT2D eigenvalue weighted by Gasteiger charge is 2.16. The standard InChI is InChI=1S/C8H9NO3/c1-6(10)9(2)8(11)7-4-3-5-12-7/h3-5H,1-2H3. The topological polar surface area (TPSA) is 50.5 Å². The number of carbonyl (C=O) groups is 2. The van der Waals surface area contributed by atoms with Crippen molar-refractivity contribution in [2.24, 2.45) is 0 Å². The summed E-state index contributed by atoms with van der Waals surface area (Å²) in [4.78, 5) is 23.0. The number of hydrogen-bond acceptors (Lipinski definition) is 3. The van der Waals surface area contributed by atoms with Crippen molar-refractivity contribution in [2.75, 3.05) is 7.05 Å². The lowest BCUT2D eigenvalue weighted by molar-refractivity contribution is -0.125. The highest BCUT2D eigenvalue weighted by molar-refractivity contribution is 6.02. The fraction of sp³-hybridized carbons (Fsp3) is 0.250. The van der Waals surface area contributed by atoms with Crippen LogP contribution in [0.4, 0.5) is 0 Å². The minimum absolute atomic E-state index is 0.174. The lowest BCUT2D eigenvalue weighted by Gasteiger charge is -2.09. The second kappa shape index (κ2) is 3.21. The molecular formula is C8H9NO3. The van der Waals surface area contributed by atoms with Crippen LogP contribution < -0.4 is 0 Å². The fourth-order valence-electron chi connectivity index (χ4n) is 0.709. The summed E-state index contributed by atoms with van der Waals surface area (Å²) >= 11 is 0. The van der Waals surface area contributed by atoms with E-state index in [4.69, 9.17) is 4.42 Å². The Kier molecular flexibility index (Phi) is 2.28. The van der Waals surface area contributed by atoms with Crippen molar-refractivity contribution in [2.45, 2.75) is 6.92 Å². The molecule has 0 N–H and O–H groups in total. The van der Waals surface area contributed by atoms with Gasteiger partial charge >= 0.3 is 0 Å². The Bertz CT molecular complexity index is 289. The molecule has 0 aliphatic heterocycles. The molecule has 0 radical (unpaired) electrons. The Labute approximate surface area is 69.8 Å². The van der Waals surface area contributed by atoms with E-state index < -0.39 is 5.91 Å². The zero-order chi connectivity index (χ0) is 9.14. The van der Waals surface area contributed by atoms with Gasteiger partial charge in [-0.2, -0.15) is 0 Å². The fourth-order valence-corrected chi connectivity index (χ4v) is 0.709. The van der Waals surface area contributed by atoms with Crippen LogP contribution in [0.15, 0.2) is 22.8 Å². The van der Waals surface area contributed by atoms with Crippen molar-refractivity contribution in [1.82, 2.24) is 4.90 Å². The van der Waals surface area contributed by atoms with E-state index in [1.165, 1.54) is 26.3 Å². The Morgan fingerprint density at radius 3 is 2.58 bits per heavy atom. The van der Waals surface area contributed by atoms with Crippen LogP contribution in [-0.2, 0) is 4.79 Å². The molecule has 4 nitrogen and oxygen atoms in total. The summed E-state index contributed by atoms with van der Waals surface area (Å²) in [5, 5.41) is 0. The van der Waals surface area contributed by atoms with Crippen molar-refractivity contribution < 1.29 is 14.0 Å². The normalized spacial score (nSPS) is 9.50. The summed E-state index contributed by atoms with van der Waals surface area (Å²) in [6.45, 7) is 1.32. The molecule has 0 aromatic carbocycles. The maximum Gasteiger partial charge on any atom is 0.295 e. The molecule has 1 rings (SSSR count). The van der Waals surface area contributed by atoms with E-state index in [1.54, 1.807) is 6.07 Å². The van der Waals surface area contributed by atoms with Gasteiger partial charge in [0.05, 0.1) is 6.26 Å². The third kappa shape index (κ3) is 1.53. The number of carbonyl (C=O) groups excluding carboxylic acids is 2. The molecule has 0 aliphatic carbocycles. The molecule has 0 bridgehead atoms. The second-order valence-corrected chi connectivity index (χ2v) is 2.36. The van der Waals surface area contributed by atoms with Gasteiger partial charge in [0.1, 0.15) is 0 Å². The van der Waals surface area contributed by atoms with Crippen LogP contribution in [0.3, 0.4) is 0 Å². The molecule has 0 saturated carbocycles. The van der Waals surface area contributed by atoms with Crippen molar-refractivity contribution in [3.8, 4) is 0 Å². The summed E-state index contributed by atoms with van der Waals surface area (Å²) in [5.74, 6) is -0.559. The molecule has 0 aliphatic rings. The SMILES string of the molecule is CC(=O)N(C)C(=O)c1ccco1. The van der Waals surface area contributed by atoms with Crippen LogP contribution >= 0.6 is 0 Å². The quantitative estimate of drug-likeness (QED) is 0.624. The zero-order valence-electron chi connectivity index (χ0n) is 6.90.